The van der Waals surface area contributed by atoms with Crippen LogP contribution in [0.4, 0.5) is 0 Å². The van der Waals surface area contributed by atoms with E-state index < -0.39 is 10.0 Å². The first-order chi connectivity index (χ1) is 8.09. The van der Waals surface area contributed by atoms with Crippen LogP contribution in [0.15, 0.2) is 30.3 Å². The van der Waals surface area contributed by atoms with Crippen molar-refractivity contribution in [3.05, 3.63) is 35.9 Å². The maximum absolute atomic E-state index is 12.3. The zero-order valence-electron chi connectivity index (χ0n) is 10.4. The van der Waals surface area contributed by atoms with Crippen LogP contribution in [0, 0.1) is 0 Å². The lowest BCUT2D eigenvalue weighted by Gasteiger charge is -2.32. The molecule has 0 aromatic heterocycles. The van der Waals surface area contributed by atoms with Gasteiger partial charge in [0.05, 0.1) is 5.75 Å². The highest BCUT2D eigenvalue weighted by Gasteiger charge is 2.29. The number of nitrogens with one attached hydrogen (secondary N) is 1. The molecule has 0 saturated carbocycles. The van der Waals surface area contributed by atoms with Gasteiger partial charge in [-0.15, -0.1) is 12.4 Å². The Bertz CT molecular complexity index is 464. The molecule has 0 amide bonds. The van der Waals surface area contributed by atoms with Gasteiger partial charge in [-0.25, -0.2) is 8.42 Å². The molecule has 1 aromatic carbocycles. The molecule has 0 aliphatic carbocycles. The van der Waals surface area contributed by atoms with E-state index in [1.807, 2.05) is 37.3 Å². The maximum atomic E-state index is 12.3. The van der Waals surface area contributed by atoms with Crippen LogP contribution in [-0.4, -0.2) is 38.4 Å². The van der Waals surface area contributed by atoms with Gasteiger partial charge in [-0.3, -0.25) is 0 Å². The van der Waals surface area contributed by atoms with E-state index >= 15 is 0 Å². The summed E-state index contributed by atoms with van der Waals surface area (Å²) in [6, 6.07) is 9.37. The van der Waals surface area contributed by atoms with E-state index in [0.29, 0.717) is 6.54 Å². The van der Waals surface area contributed by atoms with Crippen LogP contribution < -0.4 is 5.32 Å². The summed E-state index contributed by atoms with van der Waals surface area (Å²) < 4.78 is 26.1. The molecule has 1 saturated heterocycles. The molecule has 1 N–H and O–H groups in total. The van der Waals surface area contributed by atoms with E-state index in [0.717, 1.165) is 18.7 Å². The lowest BCUT2D eigenvalue weighted by atomic mass is 10.2. The highest BCUT2D eigenvalue weighted by molar-refractivity contribution is 7.88. The SMILES string of the molecule is CC1CNCCN1S(=O)(=O)Cc1ccccc1.Cl. The second-order valence-electron chi connectivity index (χ2n) is 4.41. The van der Waals surface area contributed by atoms with Crippen molar-refractivity contribution in [1.82, 2.24) is 9.62 Å². The van der Waals surface area contributed by atoms with Gasteiger partial charge in [0, 0.05) is 25.7 Å². The Morgan fingerprint density at radius 3 is 2.61 bits per heavy atom. The van der Waals surface area contributed by atoms with Gasteiger partial charge in [0.15, 0.2) is 0 Å². The molecule has 0 spiro atoms. The standard InChI is InChI=1S/C12H18N2O2S.ClH/c1-11-9-13-7-8-14(11)17(15,16)10-12-5-3-2-4-6-12;/h2-6,11,13H,7-10H2,1H3;1H. The summed E-state index contributed by atoms with van der Waals surface area (Å²) in [5.74, 6) is 0.0954. The summed E-state index contributed by atoms with van der Waals surface area (Å²) in [4.78, 5) is 0. The number of piperazine rings is 1. The van der Waals surface area contributed by atoms with Crippen LogP contribution in [0.25, 0.3) is 0 Å². The molecule has 102 valence electrons. The summed E-state index contributed by atoms with van der Waals surface area (Å²) in [6.45, 7) is 3.97. The van der Waals surface area contributed by atoms with Gasteiger partial charge in [-0.05, 0) is 12.5 Å². The second kappa shape index (κ2) is 6.52. The van der Waals surface area contributed by atoms with Crippen LogP contribution in [0.2, 0.25) is 0 Å². The van der Waals surface area contributed by atoms with Crippen molar-refractivity contribution in [3.8, 4) is 0 Å². The third-order valence-corrected chi connectivity index (χ3v) is 4.94. The number of benzene rings is 1. The second-order valence-corrected chi connectivity index (χ2v) is 6.33. The fraction of sp³-hybridized carbons (Fsp3) is 0.500. The van der Waals surface area contributed by atoms with Gasteiger partial charge in [0.25, 0.3) is 0 Å². The smallest absolute Gasteiger partial charge is 0.218 e. The summed E-state index contributed by atoms with van der Waals surface area (Å²) in [6.07, 6.45) is 0. The lowest BCUT2D eigenvalue weighted by molar-refractivity contribution is 0.283. The molecule has 1 aliphatic heterocycles. The fourth-order valence-corrected chi connectivity index (χ4v) is 3.88. The Labute approximate surface area is 115 Å². The molecule has 2 rings (SSSR count). The third-order valence-electron chi connectivity index (χ3n) is 2.99. The molecular weight excluding hydrogens is 272 g/mol. The predicted molar refractivity (Wildman–Crippen MR) is 75.4 cm³/mol. The Hall–Kier alpha value is -0.620. The number of rotatable bonds is 3. The highest BCUT2D eigenvalue weighted by Crippen LogP contribution is 2.14. The Morgan fingerprint density at radius 1 is 1.33 bits per heavy atom. The molecule has 1 fully saturated rings. The van der Waals surface area contributed by atoms with Crippen molar-refractivity contribution in [2.24, 2.45) is 0 Å². The summed E-state index contributed by atoms with van der Waals surface area (Å²) in [5.41, 5.74) is 0.846. The minimum absolute atomic E-state index is 0. The lowest BCUT2D eigenvalue weighted by Crippen LogP contribution is -2.52. The van der Waals surface area contributed by atoms with Crippen molar-refractivity contribution in [2.75, 3.05) is 19.6 Å². The summed E-state index contributed by atoms with van der Waals surface area (Å²) in [7, 11) is -3.19. The maximum Gasteiger partial charge on any atom is 0.218 e. The van der Waals surface area contributed by atoms with Gasteiger partial charge < -0.3 is 5.32 Å². The summed E-state index contributed by atoms with van der Waals surface area (Å²) in [5, 5.41) is 3.19. The minimum Gasteiger partial charge on any atom is -0.314 e. The quantitative estimate of drug-likeness (QED) is 0.911. The van der Waals surface area contributed by atoms with Gasteiger partial charge in [-0.2, -0.15) is 4.31 Å². The van der Waals surface area contributed by atoms with Crippen LogP contribution in [0.1, 0.15) is 12.5 Å². The van der Waals surface area contributed by atoms with Crippen molar-refractivity contribution in [2.45, 2.75) is 18.7 Å². The van der Waals surface area contributed by atoms with Crippen LogP contribution >= 0.6 is 12.4 Å². The number of hydrogen-bond acceptors (Lipinski definition) is 3. The van der Waals surface area contributed by atoms with Gasteiger partial charge in [0.1, 0.15) is 0 Å². The zero-order valence-corrected chi connectivity index (χ0v) is 12.0. The normalized spacial score (nSPS) is 21.3. The van der Waals surface area contributed by atoms with Gasteiger partial charge in [-0.1, -0.05) is 30.3 Å². The highest BCUT2D eigenvalue weighted by atomic mass is 35.5. The fourth-order valence-electron chi connectivity index (χ4n) is 2.10. The van der Waals surface area contributed by atoms with E-state index in [-0.39, 0.29) is 24.2 Å². The molecule has 1 unspecified atom stereocenters. The number of hydrogen-bond donors (Lipinski definition) is 1. The van der Waals surface area contributed by atoms with E-state index in [4.69, 9.17) is 0 Å². The average Bonchev–Trinajstić information content (AvgIpc) is 2.30. The van der Waals surface area contributed by atoms with E-state index in [9.17, 15) is 8.42 Å². The number of sulfonamides is 1. The average molecular weight is 291 g/mol. The monoisotopic (exact) mass is 290 g/mol. The first-order valence-corrected chi connectivity index (χ1v) is 7.45. The van der Waals surface area contributed by atoms with Gasteiger partial charge >= 0.3 is 0 Å². The Kier molecular flexibility index (Phi) is 5.59. The topological polar surface area (TPSA) is 49.4 Å². The minimum atomic E-state index is -3.19. The molecule has 4 nitrogen and oxygen atoms in total. The summed E-state index contributed by atoms with van der Waals surface area (Å²) >= 11 is 0. The number of nitrogens with zero attached hydrogens (tertiary/aromatic N) is 1. The molecule has 1 aromatic rings. The molecule has 0 radical (unpaired) electrons. The van der Waals surface area contributed by atoms with Crippen LogP contribution in [0.3, 0.4) is 0 Å². The number of halogens is 1. The molecule has 1 atom stereocenters. The molecule has 6 heteroatoms. The first kappa shape index (κ1) is 15.4. The molecule has 1 heterocycles. The molecule has 18 heavy (non-hydrogen) atoms. The van der Waals surface area contributed by atoms with Crippen LogP contribution in [-0.2, 0) is 15.8 Å². The molecular formula is C12H19ClN2O2S. The molecule has 1 aliphatic rings. The largest absolute Gasteiger partial charge is 0.314 e. The first-order valence-electron chi connectivity index (χ1n) is 5.84. The predicted octanol–water partition coefficient (Wildman–Crippen LogP) is 1.23. The van der Waals surface area contributed by atoms with E-state index in [1.54, 1.807) is 4.31 Å². The van der Waals surface area contributed by atoms with Crippen LogP contribution in [0.5, 0.6) is 0 Å². The van der Waals surface area contributed by atoms with Gasteiger partial charge in [0.2, 0.25) is 10.0 Å². The Morgan fingerprint density at radius 2 is 2.00 bits per heavy atom. The van der Waals surface area contributed by atoms with E-state index in [1.165, 1.54) is 0 Å². The molecule has 0 bridgehead atoms. The third kappa shape index (κ3) is 3.68. The van der Waals surface area contributed by atoms with Crippen molar-refractivity contribution in [3.63, 3.8) is 0 Å². The van der Waals surface area contributed by atoms with E-state index in [2.05, 4.69) is 5.32 Å². The zero-order chi connectivity index (χ0) is 12.3. The van der Waals surface area contributed by atoms with Crippen molar-refractivity contribution in [1.29, 1.82) is 0 Å². The van der Waals surface area contributed by atoms with Crippen molar-refractivity contribution < 1.29 is 8.42 Å². The Balaban J connectivity index is 0.00000162. The van der Waals surface area contributed by atoms with Crippen molar-refractivity contribution >= 4 is 22.4 Å².